The number of methoxy groups -OCH3 is 1. The standard InChI is InChI=1S/C18H28N6O2.HI/c1-15(26-17-9-5-4-8-16(17)25-3)12-21-18(19-2)20-10-6-7-11-24-13-22-23-14-24;/h4-5,8-9,13-15H,6-7,10-12H2,1-3H3,(H2,19,20,21);1H. The summed E-state index contributed by atoms with van der Waals surface area (Å²) in [6, 6.07) is 7.63. The van der Waals surface area contributed by atoms with Crippen LogP contribution in [0.3, 0.4) is 0 Å². The fourth-order valence-electron chi connectivity index (χ4n) is 2.40. The number of hydrogen-bond acceptors (Lipinski definition) is 5. The van der Waals surface area contributed by atoms with E-state index in [1.807, 2.05) is 35.8 Å². The van der Waals surface area contributed by atoms with Crippen molar-refractivity contribution in [3.63, 3.8) is 0 Å². The average molecular weight is 488 g/mol. The van der Waals surface area contributed by atoms with E-state index in [0.29, 0.717) is 6.54 Å². The average Bonchev–Trinajstić information content (AvgIpc) is 3.18. The van der Waals surface area contributed by atoms with Crippen molar-refractivity contribution in [2.24, 2.45) is 4.99 Å². The smallest absolute Gasteiger partial charge is 0.191 e. The predicted molar refractivity (Wildman–Crippen MR) is 117 cm³/mol. The van der Waals surface area contributed by atoms with Crippen LogP contribution in [0.5, 0.6) is 11.5 Å². The lowest BCUT2D eigenvalue weighted by atomic mass is 10.3. The number of aromatic nitrogens is 3. The number of benzene rings is 1. The molecule has 27 heavy (non-hydrogen) atoms. The molecule has 0 saturated carbocycles. The highest BCUT2D eigenvalue weighted by molar-refractivity contribution is 14.0. The minimum atomic E-state index is -0.0291. The van der Waals surface area contributed by atoms with Crippen LogP contribution in [0.2, 0.25) is 0 Å². The number of aryl methyl sites for hydroxylation is 1. The molecule has 0 fully saturated rings. The summed E-state index contributed by atoms with van der Waals surface area (Å²) in [7, 11) is 3.40. The molecular weight excluding hydrogens is 459 g/mol. The number of aliphatic imine (C=N–C) groups is 1. The van der Waals surface area contributed by atoms with Gasteiger partial charge in [-0.05, 0) is 31.9 Å². The van der Waals surface area contributed by atoms with Gasteiger partial charge in [-0.3, -0.25) is 4.99 Å². The maximum Gasteiger partial charge on any atom is 0.191 e. The maximum atomic E-state index is 5.93. The molecule has 8 nitrogen and oxygen atoms in total. The van der Waals surface area contributed by atoms with Crippen molar-refractivity contribution in [2.45, 2.75) is 32.4 Å². The summed E-state index contributed by atoms with van der Waals surface area (Å²) in [5.74, 6) is 2.24. The van der Waals surface area contributed by atoms with Gasteiger partial charge >= 0.3 is 0 Å². The van der Waals surface area contributed by atoms with E-state index in [1.165, 1.54) is 0 Å². The molecule has 2 aromatic rings. The molecule has 9 heteroatoms. The number of unbranched alkanes of at least 4 members (excludes halogenated alkanes) is 1. The predicted octanol–water partition coefficient (Wildman–Crippen LogP) is 2.32. The minimum absolute atomic E-state index is 0. The van der Waals surface area contributed by atoms with Crippen LogP contribution in [-0.2, 0) is 6.54 Å². The molecule has 0 amide bonds. The van der Waals surface area contributed by atoms with Crippen molar-refractivity contribution in [3.05, 3.63) is 36.9 Å². The number of halogens is 1. The molecule has 1 unspecified atom stereocenters. The topological polar surface area (TPSA) is 85.6 Å². The minimum Gasteiger partial charge on any atom is -0.493 e. The summed E-state index contributed by atoms with van der Waals surface area (Å²) in [5.41, 5.74) is 0. The Morgan fingerprint density at radius 2 is 1.85 bits per heavy atom. The molecule has 0 spiro atoms. The van der Waals surface area contributed by atoms with E-state index >= 15 is 0 Å². The van der Waals surface area contributed by atoms with Crippen LogP contribution < -0.4 is 20.1 Å². The van der Waals surface area contributed by atoms with Gasteiger partial charge in [0.2, 0.25) is 0 Å². The maximum absolute atomic E-state index is 5.93. The van der Waals surface area contributed by atoms with Gasteiger partial charge < -0.3 is 24.7 Å². The molecular formula is C18H29IN6O2. The van der Waals surface area contributed by atoms with Crippen LogP contribution >= 0.6 is 24.0 Å². The summed E-state index contributed by atoms with van der Waals surface area (Å²) in [6.45, 7) is 4.42. The van der Waals surface area contributed by atoms with Crippen LogP contribution in [0.15, 0.2) is 41.9 Å². The van der Waals surface area contributed by atoms with Gasteiger partial charge in [-0.15, -0.1) is 34.2 Å². The van der Waals surface area contributed by atoms with E-state index in [9.17, 15) is 0 Å². The van der Waals surface area contributed by atoms with E-state index in [-0.39, 0.29) is 30.1 Å². The molecule has 0 saturated heterocycles. The molecule has 0 radical (unpaired) electrons. The fourth-order valence-corrected chi connectivity index (χ4v) is 2.40. The molecule has 0 aliphatic rings. The van der Waals surface area contributed by atoms with Crippen molar-refractivity contribution >= 4 is 29.9 Å². The molecule has 1 aromatic heterocycles. The van der Waals surface area contributed by atoms with Crippen LogP contribution in [-0.4, -0.2) is 54.1 Å². The van der Waals surface area contributed by atoms with Crippen molar-refractivity contribution in [1.82, 2.24) is 25.4 Å². The molecule has 0 aliphatic heterocycles. The highest BCUT2D eigenvalue weighted by Gasteiger charge is 2.09. The first-order valence-electron chi connectivity index (χ1n) is 8.79. The number of nitrogens with zero attached hydrogens (tertiary/aromatic N) is 4. The van der Waals surface area contributed by atoms with Gasteiger partial charge in [0.25, 0.3) is 0 Å². The van der Waals surface area contributed by atoms with E-state index in [0.717, 1.165) is 43.4 Å². The largest absolute Gasteiger partial charge is 0.493 e. The Bertz CT molecular complexity index is 666. The molecule has 0 aliphatic carbocycles. The lowest BCUT2D eigenvalue weighted by Gasteiger charge is -2.19. The summed E-state index contributed by atoms with van der Waals surface area (Å²) >= 11 is 0. The summed E-state index contributed by atoms with van der Waals surface area (Å²) in [5, 5.41) is 14.2. The summed E-state index contributed by atoms with van der Waals surface area (Å²) in [4.78, 5) is 4.24. The number of ether oxygens (including phenoxy) is 2. The third-order valence-electron chi connectivity index (χ3n) is 3.78. The fraction of sp³-hybridized carbons (Fsp3) is 0.500. The first kappa shape index (κ1) is 23.0. The van der Waals surface area contributed by atoms with Gasteiger partial charge in [-0.2, -0.15) is 0 Å². The van der Waals surface area contributed by atoms with Gasteiger partial charge in [0.1, 0.15) is 18.8 Å². The Balaban J connectivity index is 0.00000364. The van der Waals surface area contributed by atoms with Crippen LogP contribution in [0.4, 0.5) is 0 Å². The highest BCUT2D eigenvalue weighted by atomic mass is 127. The third-order valence-corrected chi connectivity index (χ3v) is 3.78. The zero-order chi connectivity index (χ0) is 18.6. The number of rotatable bonds is 10. The van der Waals surface area contributed by atoms with E-state index in [4.69, 9.17) is 9.47 Å². The van der Waals surface area contributed by atoms with E-state index in [1.54, 1.807) is 26.8 Å². The van der Waals surface area contributed by atoms with Crippen LogP contribution in [0.1, 0.15) is 19.8 Å². The Morgan fingerprint density at radius 1 is 1.15 bits per heavy atom. The Morgan fingerprint density at radius 3 is 2.52 bits per heavy atom. The molecule has 2 N–H and O–H groups in total. The Labute approximate surface area is 177 Å². The molecule has 1 heterocycles. The zero-order valence-electron chi connectivity index (χ0n) is 16.1. The Hall–Kier alpha value is -2.04. The summed E-state index contributed by atoms with van der Waals surface area (Å²) in [6.07, 6.45) is 5.52. The summed E-state index contributed by atoms with van der Waals surface area (Å²) < 4.78 is 13.2. The van der Waals surface area contributed by atoms with Gasteiger partial charge in [0, 0.05) is 20.1 Å². The van der Waals surface area contributed by atoms with E-state index in [2.05, 4.69) is 25.8 Å². The van der Waals surface area contributed by atoms with Gasteiger partial charge in [-0.1, -0.05) is 12.1 Å². The van der Waals surface area contributed by atoms with Crippen molar-refractivity contribution < 1.29 is 9.47 Å². The monoisotopic (exact) mass is 488 g/mol. The molecule has 0 bridgehead atoms. The van der Waals surface area contributed by atoms with Crippen molar-refractivity contribution in [3.8, 4) is 11.5 Å². The Kier molecular flexibility index (Phi) is 11.2. The lowest BCUT2D eigenvalue weighted by Crippen LogP contribution is -2.42. The first-order chi connectivity index (χ1) is 12.7. The molecule has 1 aromatic carbocycles. The second-order valence-electron chi connectivity index (χ2n) is 5.87. The van der Waals surface area contributed by atoms with Crippen LogP contribution in [0.25, 0.3) is 0 Å². The quantitative estimate of drug-likeness (QED) is 0.231. The molecule has 150 valence electrons. The van der Waals surface area contributed by atoms with Gasteiger partial charge in [0.15, 0.2) is 17.5 Å². The third kappa shape index (κ3) is 8.46. The SMILES string of the molecule is CN=C(NCCCCn1cnnc1)NCC(C)Oc1ccccc1OC.I. The normalized spacial score (nSPS) is 12.0. The number of guanidine groups is 1. The number of hydrogen-bond donors (Lipinski definition) is 2. The first-order valence-corrected chi connectivity index (χ1v) is 8.79. The number of nitrogens with one attached hydrogen (secondary N) is 2. The van der Waals surface area contributed by atoms with Gasteiger partial charge in [0.05, 0.1) is 13.7 Å². The zero-order valence-corrected chi connectivity index (χ0v) is 18.4. The highest BCUT2D eigenvalue weighted by Crippen LogP contribution is 2.26. The second-order valence-corrected chi connectivity index (χ2v) is 5.87. The number of para-hydroxylation sites is 2. The van der Waals surface area contributed by atoms with E-state index < -0.39 is 0 Å². The van der Waals surface area contributed by atoms with Gasteiger partial charge in [-0.25, -0.2) is 0 Å². The van der Waals surface area contributed by atoms with Crippen LogP contribution in [0, 0.1) is 0 Å². The van der Waals surface area contributed by atoms with Crippen molar-refractivity contribution in [1.29, 1.82) is 0 Å². The molecule has 2 rings (SSSR count). The molecule has 1 atom stereocenters. The lowest BCUT2D eigenvalue weighted by molar-refractivity contribution is 0.213. The second kappa shape index (κ2) is 13.2. The van der Waals surface area contributed by atoms with Crippen molar-refractivity contribution in [2.75, 3.05) is 27.2 Å².